The van der Waals surface area contributed by atoms with Crippen molar-refractivity contribution in [3.63, 3.8) is 0 Å². The van der Waals surface area contributed by atoms with Crippen LogP contribution in [0.4, 0.5) is 5.69 Å². The zero-order valence-electron chi connectivity index (χ0n) is 10.4. The summed E-state index contributed by atoms with van der Waals surface area (Å²) in [5.74, 6) is 0. The quantitative estimate of drug-likeness (QED) is 0.812. The molecule has 3 N–H and O–H groups in total. The molecule has 0 unspecified atom stereocenters. The lowest BCUT2D eigenvalue weighted by molar-refractivity contribution is 0.328. The van der Waals surface area contributed by atoms with Gasteiger partial charge in [0.15, 0.2) is 0 Å². The van der Waals surface area contributed by atoms with Gasteiger partial charge in [0.05, 0.1) is 16.7 Å². The number of hydrogen-bond donors (Lipinski definition) is 2. The minimum Gasteiger partial charge on any atom is -0.396 e. The van der Waals surface area contributed by atoms with Gasteiger partial charge in [0.25, 0.3) is 0 Å². The molecular formula is C13H21N3. The summed E-state index contributed by atoms with van der Waals surface area (Å²) in [5.41, 5.74) is 9.23. The van der Waals surface area contributed by atoms with E-state index in [1.165, 1.54) is 24.8 Å². The number of hydrogen-bond acceptors (Lipinski definition) is 1. The summed E-state index contributed by atoms with van der Waals surface area (Å²) in [6.07, 6.45) is 7.66. The van der Waals surface area contributed by atoms with Crippen molar-refractivity contribution in [1.82, 2.24) is 9.55 Å². The molecule has 16 heavy (non-hydrogen) atoms. The lowest BCUT2D eigenvalue weighted by atomic mass is 9.97. The molecule has 2 heterocycles. The number of aromatic amines is 1. The molecule has 0 bridgehead atoms. The van der Waals surface area contributed by atoms with Crippen molar-refractivity contribution in [2.75, 3.05) is 5.73 Å². The van der Waals surface area contributed by atoms with E-state index in [9.17, 15) is 0 Å². The van der Waals surface area contributed by atoms with E-state index in [0.29, 0.717) is 0 Å². The van der Waals surface area contributed by atoms with Gasteiger partial charge in [0.2, 0.25) is 0 Å². The number of fused-ring (bicyclic) bond motifs is 1. The lowest BCUT2D eigenvalue weighted by Gasteiger charge is -2.27. The second-order valence-corrected chi connectivity index (χ2v) is 5.11. The number of anilines is 1. The number of unbranched alkanes of at least 4 members (excludes halogenated alkanes) is 1. The van der Waals surface area contributed by atoms with Gasteiger partial charge in [0.1, 0.15) is 0 Å². The fraction of sp³-hybridized carbons (Fsp3) is 0.538. The predicted molar refractivity (Wildman–Crippen MR) is 69.5 cm³/mol. The second-order valence-electron chi connectivity index (χ2n) is 5.11. The standard InChI is InChI=1S/C13H21N3/c1-4-5-7-13(2,3)16-9-10(14)12-11(16)6-8-15-12/h6,8-9,15H,4-5,7,14H2,1-3H3. The van der Waals surface area contributed by atoms with Gasteiger partial charge in [-0.2, -0.15) is 0 Å². The number of aromatic nitrogens is 2. The summed E-state index contributed by atoms with van der Waals surface area (Å²) in [7, 11) is 0. The van der Waals surface area contributed by atoms with Gasteiger partial charge in [-0.05, 0) is 26.3 Å². The summed E-state index contributed by atoms with van der Waals surface area (Å²) < 4.78 is 2.30. The van der Waals surface area contributed by atoms with E-state index < -0.39 is 0 Å². The van der Waals surface area contributed by atoms with Gasteiger partial charge in [-0.25, -0.2) is 0 Å². The van der Waals surface area contributed by atoms with Gasteiger partial charge in [-0.1, -0.05) is 19.8 Å². The Balaban J connectivity index is 2.41. The number of nitrogens with two attached hydrogens (primary N) is 1. The SMILES string of the molecule is CCCCC(C)(C)n1cc(N)c2[nH]ccc21. The molecule has 3 heteroatoms. The molecule has 0 saturated carbocycles. The van der Waals surface area contributed by atoms with Gasteiger partial charge >= 0.3 is 0 Å². The van der Waals surface area contributed by atoms with Crippen LogP contribution in [0, 0.1) is 0 Å². The fourth-order valence-corrected chi connectivity index (χ4v) is 2.30. The van der Waals surface area contributed by atoms with Crippen LogP contribution in [0.1, 0.15) is 40.0 Å². The Morgan fingerprint density at radius 3 is 2.88 bits per heavy atom. The van der Waals surface area contributed by atoms with Crippen molar-refractivity contribution < 1.29 is 0 Å². The Kier molecular flexibility index (Phi) is 2.70. The highest BCUT2D eigenvalue weighted by molar-refractivity contribution is 5.88. The highest BCUT2D eigenvalue weighted by atomic mass is 15.1. The van der Waals surface area contributed by atoms with E-state index in [2.05, 4.69) is 42.6 Å². The van der Waals surface area contributed by atoms with Crippen LogP contribution in [0.25, 0.3) is 11.0 Å². The molecule has 2 aromatic rings. The zero-order chi connectivity index (χ0) is 11.8. The molecule has 0 atom stereocenters. The van der Waals surface area contributed by atoms with Crippen LogP contribution in [0.3, 0.4) is 0 Å². The van der Waals surface area contributed by atoms with E-state index in [-0.39, 0.29) is 5.54 Å². The fourth-order valence-electron chi connectivity index (χ4n) is 2.30. The maximum Gasteiger partial charge on any atom is 0.0870 e. The summed E-state index contributed by atoms with van der Waals surface area (Å²) >= 11 is 0. The Hall–Kier alpha value is -1.38. The van der Waals surface area contributed by atoms with E-state index in [4.69, 9.17) is 5.73 Å². The molecule has 0 aliphatic carbocycles. The van der Waals surface area contributed by atoms with Crippen LogP contribution in [-0.2, 0) is 5.54 Å². The Labute approximate surface area is 96.6 Å². The summed E-state index contributed by atoms with van der Waals surface area (Å²) in [6.45, 7) is 6.77. The minimum atomic E-state index is 0.133. The van der Waals surface area contributed by atoms with E-state index >= 15 is 0 Å². The van der Waals surface area contributed by atoms with Crippen LogP contribution >= 0.6 is 0 Å². The molecule has 2 rings (SSSR count). The Morgan fingerprint density at radius 1 is 1.44 bits per heavy atom. The summed E-state index contributed by atoms with van der Waals surface area (Å²) in [5, 5.41) is 0. The van der Waals surface area contributed by atoms with Crippen molar-refractivity contribution >= 4 is 16.7 Å². The molecule has 0 amide bonds. The molecule has 2 aromatic heterocycles. The Bertz CT molecular complexity index is 476. The van der Waals surface area contributed by atoms with E-state index in [1.807, 2.05) is 6.20 Å². The molecule has 0 aliphatic heterocycles. The molecule has 0 saturated heterocycles. The first kappa shape index (κ1) is 11.1. The van der Waals surface area contributed by atoms with Crippen molar-refractivity contribution in [3.05, 3.63) is 18.5 Å². The second kappa shape index (κ2) is 3.89. The van der Waals surface area contributed by atoms with Gasteiger partial charge < -0.3 is 15.3 Å². The summed E-state index contributed by atoms with van der Waals surface area (Å²) in [4.78, 5) is 3.19. The van der Waals surface area contributed by atoms with Gasteiger partial charge in [-0.15, -0.1) is 0 Å². The van der Waals surface area contributed by atoms with Gasteiger partial charge in [-0.3, -0.25) is 0 Å². The highest BCUT2D eigenvalue weighted by Crippen LogP contribution is 2.31. The zero-order valence-corrected chi connectivity index (χ0v) is 10.4. The summed E-state index contributed by atoms with van der Waals surface area (Å²) in [6, 6.07) is 2.10. The Morgan fingerprint density at radius 2 is 2.19 bits per heavy atom. The molecular weight excluding hydrogens is 198 g/mol. The smallest absolute Gasteiger partial charge is 0.0870 e. The van der Waals surface area contributed by atoms with Crippen molar-refractivity contribution in [3.8, 4) is 0 Å². The topological polar surface area (TPSA) is 46.7 Å². The van der Waals surface area contributed by atoms with Crippen LogP contribution in [0.15, 0.2) is 18.5 Å². The van der Waals surface area contributed by atoms with Crippen LogP contribution in [0.2, 0.25) is 0 Å². The minimum absolute atomic E-state index is 0.133. The third-order valence-electron chi connectivity index (χ3n) is 3.34. The first-order chi connectivity index (χ1) is 7.56. The largest absolute Gasteiger partial charge is 0.396 e. The normalized spacial score (nSPS) is 12.4. The molecule has 0 aliphatic rings. The van der Waals surface area contributed by atoms with E-state index in [1.54, 1.807) is 0 Å². The van der Waals surface area contributed by atoms with Crippen molar-refractivity contribution in [2.24, 2.45) is 0 Å². The lowest BCUT2D eigenvalue weighted by Crippen LogP contribution is -2.25. The first-order valence-electron chi connectivity index (χ1n) is 6.00. The van der Waals surface area contributed by atoms with Crippen LogP contribution in [0.5, 0.6) is 0 Å². The van der Waals surface area contributed by atoms with Gasteiger partial charge in [0, 0.05) is 17.9 Å². The monoisotopic (exact) mass is 219 g/mol. The highest BCUT2D eigenvalue weighted by Gasteiger charge is 2.22. The number of nitrogens with one attached hydrogen (secondary N) is 1. The molecule has 0 aromatic carbocycles. The number of rotatable bonds is 4. The number of H-pyrrole nitrogens is 1. The third-order valence-corrected chi connectivity index (χ3v) is 3.34. The van der Waals surface area contributed by atoms with Crippen molar-refractivity contribution in [2.45, 2.75) is 45.6 Å². The molecule has 3 nitrogen and oxygen atoms in total. The molecule has 0 spiro atoms. The molecule has 88 valence electrons. The van der Waals surface area contributed by atoms with Crippen molar-refractivity contribution in [1.29, 1.82) is 0 Å². The van der Waals surface area contributed by atoms with Crippen LogP contribution < -0.4 is 5.73 Å². The average molecular weight is 219 g/mol. The average Bonchev–Trinajstić information content (AvgIpc) is 2.80. The number of nitrogens with zero attached hydrogens (tertiary/aromatic N) is 1. The molecule has 0 radical (unpaired) electrons. The van der Waals surface area contributed by atoms with E-state index in [0.717, 1.165) is 11.2 Å². The first-order valence-corrected chi connectivity index (χ1v) is 6.00. The number of nitrogen functional groups attached to an aromatic ring is 1. The predicted octanol–water partition coefficient (Wildman–Crippen LogP) is 3.48. The van der Waals surface area contributed by atoms with Crippen LogP contribution in [-0.4, -0.2) is 9.55 Å². The third kappa shape index (κ3) is 1.70. The maximum atomic E-state index is 5.99. The molecule has 0 fully saturated rings. The maximum absolute atomic E-state index is 5.99.